The van der Waals surface area contributed by atoms with Gasteiger partial charge < -0.3 is 20.8 Å². The highest BCUT2D eigenvalue weighted by Crippen LogP contribution is 2.22. The topological polar surface area (TPSA) is 116 Å². The number of aryl methyl sites for hydroxylation is 1. The summed E-state index contributed by atoms with van der Waals surface area (Å²) in [5.74, 6) is -2.36. The Morgan fingerprint density at radius 3 is 2.38 bits per heavy atom. The van der Waals surface area contributed by atoms with Gasteiger partial charge in [-0.2, -0.15) is 0 Å². The highest BCUT2D eigenvalue weighted by Gasteiger charge is 2.22. The molecule has 2 amide bonds. The van der Waals surface area contributed by atoms with Gasteiger partial charge in [-0.3, -0.25) is 4.79 Å². The Hall–Kier alpha value is -2.09. The third-order valence-electron chi connectivity index (χ3n) is 2.79. The molecule has 0 spiro atoms. The number of urea groups is 1. The molecule has 1 heterocycles. The number of hydrogen-bond donors (Lipinski definition) is 4. The van der Waals surface area contributed by atoms with E-state index in [0.29, 0.717) is 0 Å². The average molecular weight is 314 g/mol. The molecule has 0 aliphatic heterocycles. The van der Waals surface area contributed by atoms with Crippen LogP contribution in [0.5, 0.6) is 0 Å². The van der Waals surface area contributed by atoms with Crippen molar-refractivity contribution in [2.24, 2.45) is 0 Å². The van der Waals surface area contributed by atoms with Crippen LogP contribution >= 0.6 is 11.3 Å². The Bertz CT molecular complexity index is 528. The van der Waals surface area contributed by atoms with E-state index in [1.54, 1.807) is 18.3 Å². The second-order valence-electron chi connectivity index (χ2n) is 4.61. The molecular weight excluding hydrogens is 296 g/mol. The van der Waals surface area contributed by atoms with Gasteiger partial charge in [0.15, 0.2) is 0 Å². The zero-order valence-electron chi connectivity index (χ0n) is 11.8. The van der Waals surface area contributed by atoms with Gasteiger partial charge in [-0.1, -0.05) is 0 Å². The maximum atomic E-state index is 11.8. The van der Waals surface area contributed by atoms with E-state index in [1.807, 2.05) is 19.1 Å². The number of rotatable bonds is 7. The molecule has 1 aromatic rings. The number of aliphatic carboxylic acids is 2. The number of thiophene rings is 1. The SMILES string of the molecule is Cc1ccc(C(C)NC(=O)NC(CCC(=O)O)C(=O)O)s1. The summed E-state index contributed by atoms with van der Waals surface area (Å²) in [6.45, 7) is 3.74. The summed E-state index contributed by atoms with van der Waals surface area (Å²) in [7, 11) is 0. The van der Waals surface area contributed by atoms with E-state index in [0.717, 1.165) is 9.75 Å². The molecule has 0 radical (unpaired) electrons. The van der Waals surface area contributed by atoms with E-state index in [2.05, 4.69) is 10.6 Å². The molecule has 0 aliphatic carbocycles. The van der Waals surface area contributed by atoms with E-state index < -0.39 is 24.0 Å². The van der Waals surface area contributed by atoms with E-state index in [-0.39, 0.29) is 18.9 Å². The fourth-order valence-corrected chi connectivity index (χ4v) is 2.56. The van der Waals surface area contributed by atoms with Crippen molar-refractivity contribution in [3.63, 3.8) is 0 Å². The first kappa shape index (κ1) is 17.0. The number of carboxylic acids is 2. The molecule has 2 unspecified atom stereocenters. The average Bonchev–Trinajstić information content (AvgIpc) is 2.80. The van der Waals surface area contributed by atoms with Crippen molar-refractivity contribution in [1.29, 1.82) is 0 Å². The normalized spacial score (nSPS) is 13.2. The second-order valence-corrected chi connectivity index (χ2v) is 5.93. The summed E-state index contributed by atoms with van der Waals surface area (Å²) < 4.78 is 0. The Balaban J connectivity index is 2.53. The van der Waals surface area contributed by atoms with E-state index >= 15 is 0 Å². The predicted octanol–water partition coefficient (Wildman–Crippen LogP) is 1.73. The van der Waals surface area contributed by atoms with Gasteiger partial charge in [0.25, 0.3) is 0 Å². The van der Waals surface area contributed by atoms with Gasteiger partial charge in [-0.05, 0) is 32.4 Å². The van der Waals surface area contributed by atoms with E-state index in [1.165, 1.54) is 0 Å². The molecule has 7 nitrogen and oxygen atoms in total. The second kappa shape index (κ2) is 7.63. The van der Waals surface area contributed by atoms with Crippen LogP contribution in [0.25, 0.3) is 0 Å². The van der Waals surface area contributed by atoms with Gasteiger partial charge in [-0.15, -0.1) is 11.3 Å². The highest BCUT2D eigenvalue weighted by molar-refractivity contribution is 7.12. The monoisotopic (exact) mass is 314 g/mol. The first-order valence-electron chi connectivity index (χ1n) is 6.37. The summed E-state index contributed by atoms with van der Waals surface area (Å²) in [5.41, 5.74) is 0. The third kappa shape index (κ3) is 5.82. The van der Waals surface area contributed by atoms with E-state index in [9.17, 15) is 14.4 Å². The van der Waals surface area contributed by atoms with Crippen molar-refractivity contribution in [2.45, 2.75) is 38.8 Å². The maximum absolute atomic E-state index is 11.8. The summed E-state index contributed by atoms with van der Waals surface area (Å²) in [6.07, 6.45) is -0.485. The van der Waals surface area contributed by atoms with Crippen molar-refractivity contribution in [1.82, 2.24) is 10.6 Å². The van der Waals surface area contributed by atoms with Crippen LogP contribution in [0.15, 0.2) is 12.1 Å². The van der Waals surface area contributed by atoms with Gasteiger partial charge in [-0.25, -0.2) is 9.59 Å². The summed E-state index contributed by atoms with van der Waals surface area (Å²) in [5, 5.41) is 22.4. The standard InChI is InChI=1S/C13H18N2O5S/c1-7-3-5-10(21-7)8(2)14-13(20)15-9(12(18)19)4-6-11(16)17/h3,5,8-9H,4,6H2,1-2H3,(H,16,17)(H,18,19)(H2,14,15,20). The molecular formula is C13H18N2O5S. The molecule has 116 valence electrons. The molecule has 0 aliphatic rings. The summed E-state index contributed by atoms with van der Waals surface area (Å²) in [4.78, 5) is 35.3. The number of carbonyl (C=O) groups is 3. The lowest BCUT2D eigenvalue weighted by molar-refractivity contribution is -0.140. The fraction of sp³-hybridized carbons (Fsp3) is 0.462. The van der Waals surface area contributed by atoms with Crippen LogP contribution in [-0.2, 0) is 9.59 Å². The summed E-state index contributed by atoms with van der Waals surface area (Å²) in [6, 6.07) is 1.72. The lowest BCUT2D eigenvalue weighted by Crippen LogP contribution is -2.46. The lowest BCUT2D eigenvalue weighted by Gasteiger charge is -2.17. The number of carbonyl (C=O) groups excluding carboxylic acids is 1. The highest BCUT2D eigenvalue weighted by atomic mass is 32.1. The zero-order valence-corrected chi connectivity index (χ0v) is 12.6. The van der Waals surface area contributed by atoms with Crippen LogP contribution in [0, 0.1) is 6.92 Å². The Labute approximate surface area is 126 Å². The predicted molar refractivity (Wildman–Crippen MR) is 77.4 cm³/mol. The summed E-state index contributed by atoms with van der Waals surface area (Å²) >= 11 is 1.54. The minimum Gasteiger partial charge on any atom is -0.481 e. The molecule has 8 heteroatoms. The molecule has 0 saturated carbocycles. The van der Waals surface area contributed by atoms with Gasteiger partial charge >= 0.3 is 18.0 Å². The molecule has 0 saturated heterocycles. The largest absolute Gasteiger partial charge is 0.481 e. The van der Waals surface area contributed by atoms with Crippen molar-refractivity contribution < 1.29 is 24.6 Å². The molecule has 4 N–H and O–H groups in total. The molecule has 0 aromatic carbocycles. The molecule has 21 heavy (non-hydrogen) atoms. The number of carboxylic acid groups (broad SMARTS) is 2. The van der Waals surface area contributed by atoms with Gasteiger partial charge in [0.2, 0.25) is 0 Å². The fourth-order valence-electron chi connectivity index (χ4n) is 1.68. The van der Waals surface area contributed by atoms with Gasteiger partial charge in [0.1, 0.15) is 6.04 Å². The zero-order chi connectivity index (χ0) is 16.0. The number of amides is 2. The molecule has 0 fully saturated rings. The van der Waals surface area contributed by atoms with Crippen LogP contribution < -0.4 is 10.6 Å². The number of hydrogen-bond acceptors (Lipinski definition) is 4. The minimum atomic E-state index is -1.26. The Kier molecular flexibility index (Phi) is 6.16. The van der Waals surface area contributed by atoms with Gasteiger partial charge in [0, 0.05) is 16.2 Å². The molecule has 2 atom stereocenters. The Morgan fingerprint density at radius 2 is 1.90 bits per heavy atom. The van der Waals surface area contributed by atoms with Crippen LogP contribution in [0.4, 0.5) is 4.79 Å². The molecule has 1 rings (SSSR count). The quantitative estimate of drug-likeness (QED) is 0.612. The smallest absolute Gasteiger partial charge is 0.326 e. The first-order chi connectivity index (χ1) is 9.79. The maximum Gasteiger partial charge on any atom is 0.326 e. The van der Waals surface area contributed by atoms with Gasteiger partial charge in [0.05, 0.1) is 6.04 Å². The van der Waals surface area contributed by atoms with Crippen LogP contribution in [0.3, 0.4) is 0 Å². The van der Waals surface area contributed by atoms with Crippen molar-refractivity contribution >= 4 is 29.3 Å². The van der Waals surface area contributed by atoms with E-state index in [4.69, 9.17) is 10.2 Å². The lowest BCUT2D eigenvalue weighted by atomic mass is 10.1. The molecule has 0 bridgehead atoms. The van der Waals surface area contributed by atoms with Crippen LogP contribution in [0.2, 0.25) is 0 Å². The third-order valence-corrected chi connectivity index (χ3v) is 3.97. The van der Waals surface area contributed by atoms with Crippen LogP contribution in [-0.4, -0.2) is 34.2 Å². The first-order valence-corrected chi connectivity index (χ1v) is 7.19. The van der Waals surface area contributed by atoms with Crippen molar-refractivity contribution in [3.8, 4) is 0 Å². The minimum absolute atomic E-state index is 0.162. The molecule has 1 aromatic heterocycles. The van der Waals surface area contributed by atoms with Crippen molar-refractivity contribution in [3.05, 3.63) is 21.9 Å². The van der Waals surface area contributed by atoms with Crippen LogP contribution in [0.1, 0.15) is 35.6 Å². The van der Waals surface area contributed by atoms with Crippen molar-refractivity contribution in [2.75, 3.05) is 0 Å². The number of nitrogens with one attached hydrogen (secondary N) is 2. The Morgan fingerprint density at radius 1 is 1.24 bits per heavy atom.